The standard InChI is InChI=1S/C19H35N3O4S/c1-11(2)9-13(14(17(24)22-26)12-7-8-27-10-12)16(23)21-15(18(25)20-6)19(3,4)5/h11-15,26H,7-10H2,1-6H3,(H,20,25)(H,21,23)(H,22,24)/t12?,13?,14-,15+/m0/s1. The Labute approximate surface area is 166 Å². The number of rotatable bonds is 8. The van der Waals surface area contributed by atoms with Gasteiger partial charge in [-0.3, -0.25) is 19.6 Å². The maximum Gasteiger partial charge on any atom is 0.247 e. The number of hydrogen-bond donors (Lipinski definition) is 4. The van der Waals surface area contributed by atoms with E-state index in [0.29, 0.717) is 6.42 Å². The first-order valence-corrected chi connectivity index (χ1v) is 10.7. The van der Waals surface area contributed by atoms with Crippen molar-refractivity contribution >= 4 is 29.5 Å². The molecule has 1 fully saturated rings. The minimum absolute atomic E-state index is 0.0322. The molecule has 1 rings (SSSR count). The molecule has 0 aliphatic carbocycles. The Morgan fingerprint density at radius 1 is 1.15 bits per heavy atom. The fourth-order valence-electron chi connectivity index (χ4n) is 3.63. The number of carbonyl (C=O) groups is 3. The highest BCUT2D eigenvalue weighted by molar-refractivity contribution is 7.99. The van der Waals surface area contributed by atoms with Crippen LogP contribution < -0.4 is 16.1 Å². The second-order valence-electron chi connectivity index (χ2n) is 8.78. The van der Waals surface area contributed by atoms with Crippen LogP contribution in [-0.2, 0) is 14.4 Å². The average molecular weight is 402 g/mol. The summed E-state index contributed by atoms with van der Waals surface area (Å²) in [5.74, 6) is -0.349. The molecule has 1 aliphatic rings. The Hall–Kier alpha value is -1.28. The van der Waals surface area contributed by atoms with Crippen molar-refractivity contribution in [2.45, 2.75) is 53.5 Å². The van der Waals surface area contributed by atoms with Gasteiger partial charge in [0.25, 0.3) is 0 Å². The molecule has 0 spiro atoms. The van der Waals surface area contributed by atoms with Gasteiger partial charge in [-0.1, -0.05) is 34.6 Å². The Morgan fingerprint density at radius 3 is 2.19 bits per heavy atom. The summed E-state index contributed by atoms with van der Waals surface area (Å²) in [6, 6.07) is -0.708. The highest BCUT2D eigenvalue weighted by Crippen LogP contribution is 2.37. The highest BCUT2D eigenvalue weighted by Gasteiger charge is 2.42. The topological polar surface area (TPSA) is 108 Å². The lowest BCUT2D eigenvalue weighted by Crippen LogP contribution is -2.56. The van der Waals surface area contributed by atoms with Gasteiger partial charge < -0.3 is 10.6 Å². The van der Waals surface area contributed by atoms with Crippen LogP contribution in [0.5, 0.6) is 0 Å². The summed E-state index contributed by atoms with van der Waals surface area (Å²) >= 11 is 1.76. The van der Waals surface area contributed by atoms with Crippen LogP contribution in [0, 0.1) is 29.1 Å². The molecular weight excluding hydrogens is 366 g/mol. The van der Waals surface area contributed by atoms with E-state index in [2.05, 4.69) is 10.6 Å². The van der Waals surface area contributed by atoms with E-state index in [1.54, 1.807) is 17.2 Å². The van der Waals surface area contributed by atoms with E-state index in [1.807, 2.05) is 34.6 Å². The number of thioether (sulfide) groups is 1. The quantitative estimate of drug-likeness (QED) is 0.366. The molecule has 1 heterocycles. The van der Waals surface area contributed by atoms with Crippen molar-refractivity contribution in [2.24, 2.45) is 29.1 Å². The zero-order valence-electron chi connectivity index (χ0n) is 17.3. The van der Waals surface area contributed by atoms with Gasteiger partial charge in [-0.2, -0.15) is 11.8 Å². The first-order chi connectivity index (χ1) is 12.5. The Morgan fingerprint density at radius 2 is 1.78 bits per heavy atom. The van der Waals surface area contributed by atoms with Crippen LogP contribution in [-0.4, -0.2) is 47.5 Å². The van der Waals surface area contributed by atoms with Crippen molar-refractivity contribution in [3.8, 4) is 0 Å². The number of nitrogens with one attached hydrogen (secondary N) is 3. The highest BCUT2D eigenvalue weighted by atomic mass is 32.2. The SMILES string of the molecule is CNC(=O)[C@@H](NC(=O)C(CC(C)C)[C@@H](C(=O)NO)C1CCSC1)C(C)(C)C. The summed E-state index contributed by atoms with van der Waals surface area (Å²) < 4.78 is 0. The Bertz CT molecular complexity index is 528. The molecule has 1 saturated heterocycles. The number of hydroxylamine groups is 1. The lowest BCUT2D eigenvalue weighted by atomic mass is 9.75. The van der Waals surface area contributed by atoms with E-state index >= 15 is 0 Å². The second-order valence-corrected chi connectivity index (χ2v) is 9.93. The molecule has 4 atom stereocenters. The lowest BCUT2D eigenvalue weighted by molar-refractivity contribution is -0.144. The summed E-state index contributed by atoms with van der Waals surface area (Å²) in [4.78, 5) is 38.0. The molecule has 7 nitrogen and oxygen atoms in total. The van der Waals surface area contributed by atoms with Crippen molar-refractivity contribution < 1.29 is 19.6 Å². The third-order valence-corrected chi connectivity index (χ3v) is 6.23. The van der Waals surface area contributed by atoms with Gasteiger partial charge in [0.2, 0.25) is 17.7 Å². The molecule has 8 heteroatoms. The number of likely N-dealkylation sites (N-methyl/N-ethyl adjacent to an activating group) is 1. The number of hydrogen-bond acceptors (Lipinski definition) is 5. The maximum atomic E-state index is 13.2. The van der Waals surface area contributed by atoms with Crippen molar-refractivity contribution in [2.75, 3.05) is 18.6 Å². The first kappa shape index (κ1) is 23.8. The second kappa shape index (κ2) is 10.3. The zero-order chi connectivity index (χ0) is 20.8. The fourth-order valence-corrected chi connectivity index (χ4v) is 4.94. The molecule has 0 aromatic rings. The number of amides is 3. The van der Waals surface area contributed by atoms with Gasteiger partial charge in [-0.15, -0.1) is 0 Å². The lowest BCUT2D eigenvalue weighted by Gasteiger charge is -2.34. The van der Waals surface area contributed by atoms with Gasteiger partial charge in [0.15, 0.2) is 0 Å². The van der Waals surface area contributed by atoms with Crippen LogP contribution >= 0.6 is 11.8 Å². The van der Waals surface area contributed by atoms with E-state index in [-0.39, 0.29) is 23.7 Å². The summed E-state index contributed by atoms with van der Waals surface area (Å²) in [6.45, 7) is 9.65. The van der Waals surface area contributed by atoms with Crippen LogP contribution in [0.3, 0.4) is 0 Å². The van der Waals surface area contributed by atoms with Gasteiger partial charge in [-0.25, -0.2) is 5.48 Å². The van der Waals surface area contributed by atoms with E-state index in [4.69, 9.17) is 0 Å². The molecule has 3 amide bonds. The molecule has 0 aromatic carbocycles. The largest absolute Gasteiger partial charge is 0.357 e. The van der Waals surface area contributed by atoms with Crippen LogP contribution in [0.15, 0.2) is 0 Å². The molecule has 1 aliphatic heterocycles. The number of carbonyl (C=O) groups excluding carboxylic acids is 3. The smallest absolute Gasteiger partial charge is 0.247 e. The zero-order valence-corrected chi connectivity index (χ0v) is 18.1. The minimum Gasteiger partial charge on any atom is -0.357 e. The third-order valence-electron chi connectivity index (χ3n) is 5.04. The summed E-state index contributed by atoms with van der Waals surface area (Å²) in [6.07, 6.45) is 1.35. The molecule has 0 bridgehead atoms. The summed E-state index contributed by atoms with van der Waals surface area (Å²) in [5, 5.41) is 14.7. The molecule has 2 unspecified atom stereocenters. The van der Waals surface area contributed by atoms with Crippen LogP contribution in [0.4, 0.5) is 0 Å². The molecule has 27 heavy (non-hydrogen) atoms. The summed E-state index contributed by atoms with van der Waals surface area (Å²) in [5.41, 5.74) is 1.28. The van der Waals surface area contributed by atoms with Crippen LogP contribution in [0.2, 0.25) is 0 Å². The third kappa shape index (κ3) is 6.68. The molecule has 156 valence electrons. The predicted octanol–water partition coefficient (Wildman–Crippen LogP) is 1.80. The molecule has 0 radical (unpaired) electrons. The van der Waals surface area contributed by atoms with Gasteiger partial charge in [-0.05, 0) is 41.6 Å². The van der Waals surface area contributed by atoms with Crippen molar-refractivity contribution in [1.29, 1.82) is 0 Å². The van der Waals surface area contributed by atoms with Gasteiger partial charge in [0.1, 0.15) is 6.04 Å². The van der Waals surface area contributed by atoms with E-state index in [1.165, 1.54) is 7.05 Å². The maximum absolute atomic E-state index is 13.2. The van der Waals surface area contributed by atoms with Gasteiger partial charge in [0.05, 0.1) is 11.8 Å². The molecule has 4 N–H and O–H groups in total. The van der Waals surface area contributed by atoms with E-state index in [9.17, 15) is 19.6 Å². The first-order valence-electron chi connectivity index (χ1n) is 9.56. The van der Waals surface area contributed by atoms with Crippen LogP contribution in [0.1, 0.15) is 47.5 Å². The van der Waals surface area contributed by atoms with Gasteiger partial charge >= 0.3 is 0 Å². The fraction of sp³-hybridized carbons (Fsp3) is 0.842. The monoisotopic (exact) mass is 401 g/mol. The predicted molar refractivity (Wildman–Crippen MR) is 107 cm³/mol. The molecular formula is C19H35N3O4S. The van der Waals surface area contributed by atoms with Crippen molar-refractivity contribution in [3.05, 3.63) is 0 Å². The van der Waals surface area contributed by atoms with Gasteiger partial charge in [0, 0.05) is 7.05 Å². The molecule has 0 aromatic heterocycles. The van der Waals surface area contributed by atoms with Crippen molar-refractivity contribution in [1.82, 2.24) is 16.1 Å². The molecule has 0 saturated carbocycles. The van der Waals surface area contributed by atoms with Crippen LogP contribution in [0.25, 0.3) is 0 Å². The van der Waals surface area contributed by atoms with Crippen molar-refractivity contribution in [3.63, 3.8) is 0 Å². The van der Waals surface area contributed by atoms with E-state index < -0.39 is 29.2 Å². The Balaban J connectivity index is 3.16. The summed E-state index contributed by atoms with van der Waals surface area (Å²) in [7, 11) is 1.54. The Kier molecular flexibility index (Phi) is 9.08. The average Bonchev–Trinajstić information content (AvgIpc) is 3.10. The minimum atomic E-state index is -0.708. The van der Waals surface area contributed by atoms with E-state index in [0.717, 1.165) is 17.9 Å². The normalized spacial score (nSPS) is 20.7.